The maximum Gasteiger partial charge on any atom is 0.264 e. The van der Waals surface area contributed by atoms with Gasteiger partial charge in [0.05, 0.1) is 17.7 Å². The van der Waals surface area contributed by atoms with E-state index < -0.39 is 28.5 Å². The first-order valence-electron chi connectivity index (χ1n) is 14.7. The van der Waals surface area contributed by atoms with Crippen LogP contribution in [0.25, 0.3) is 0 Å². The molecule has 0 saturated heterocycles. The molecule has 4 rings (SSSR count). The van der Waals surface area contributed by atoms with Gasteiger partial charge in [-0.05, 0) is 74.2 Å². The Morgan fingerprint density at radius 1 is 1.00 bits per heavy atom. The topological polar surface area (TPSA) is 96.0 Å². The van der Waals surface area contributed by atoms with Gasteiger partial charge in [0.2, 0.25) is 11.8 Å². The van der Waals surface area contributed by atoms with Crippen molar-refractivity contribution in [3.05, 3.63) is 88.4 Å². The number of halogens is 1. The van der Waals surface area contributed by atoms with Gasteiger partial charge in [0.15, 0.2) is 0 Å². The summed E-state index contributed by atoms with van der Waals surface area (Å²) >= 11 is 3.43. The van der Waals surface area contributed by atoms with Gasteiger partial charge in [-0.3, -0.25) is 13.9 Å². The van der Waals surface area contributed by atoms with Crippen LogP contribution in [0.5, 0.6) is 5.75 Å². The van der Waals surface area contributed by atoms with Crippen molar-refractivity contribution in [3.8, 4) is 5.75 Å². The van der Waals surface area contributed by atoms with Crippen molar-refractivity contribution in [2.75, 3.05) is 18.0 Å². The van der Waals surface area contributed by atoms with Crippen LogP contribution in [-0.4, -0.2) is 50.9 Å². The number of carbonyl (C=O) groups excluding carboxylic acids is 2. The monoisotopic (exact) mass is 669 g/mol. The van der Waals surface area contributed by atoms with Gasteiger partial charge >= 0.3 is 0 Å². The molecule has 230 valence electrons. The largest absolute Gasteiger partial charge is 0.497 e. The average Bonchev–Trinajstić information content (AvgIpc) is 3.00. The van der Waals surface area contributed by atoms with Gasteiger partial charge in [-0.2, -0.15) is 0 Å². The van der Waals surface area contributed by atoms with Crippen LogP contribution in [0.1, 0.15) is 56.6 Å². The molecule has 0 spiro atoms. The number of hydrogen-bond donors (Lipinski definition) is 1. The third kappa shape index (κ3) is 8.38. The van der Waals surface area contributed by atoms with Crippen LogP contribution in [0.2, 0.25) is 0 Å². The zero-order chi connectivity index (χ0) is 31.0. The van der Waals surface area contributed by atoms with Crippen LogP contribution in [0, 0.1) is 6.92 Å². The highest BCUT2D eigenvalue weighted by atomic mass is 79.9. The zero-order valence-electron chi connectivity index (χ0n) is 25.0. The molecule has 0 aliphatic heterocycles. The van der Waals surface area contributed by atoms with E-state index >= 15 is 0 Å². The molecule has 1 saturated carbocycles. The lowest BCUT2D eigenvalue weighted by Gasteiger charge is -2.34. The van der Waals surface area contributed by atoms with Gasteiger partial charge in [0, 0.05) is 17.1 Å². The number of methoxy groups -OCH3 is 1. The molecular weight excluding hydrogens is 630 g/mol. The van der Waals surface area contributed by atoms with Crippen molar-refractivity contribution in [2.24, 2.45) is 0 Å². The average molecular weight is 671 g/mol. The lowest BCUT2D eigenvalue weighted by molar-refractivity contribution is -0.140. The molecule has 0 radical (unpaired) electrons. The van der Waals surface area contributed by atoms with E-state index in [1.54, 1.807) is 67.8 Å². The van der Waals surface area contributed by atoms with E-state index in [2.05, 4.69) is 21.2 Å². The van der Waals surface area contributed by atoms with Gasteiger partial charge in [-0.25, -0.2) is 8.42 Å². The minimum Gasteiger partial charge on any atom is -0.497 e. The molecule has 8 nitrogen and oxygen atoms in total. The number of benzene rings is 3. The standard InChI is InChI=1S/C33H40BrN3O5S/c1-4-31(33(39)35-27-10-6-5-7-11-27)36(22-25-15-17-29(42-3)18-16-25)32(38)23-37(28-12-8-9-26(34)21-28)43(40,41)30-19-13-24(2)14-20-30/h8-9,12-21,27,31H,4-7,10-11,22-23H2,1-3H3,(H,35,39)/t31-/m1/s1. The second-order valence-electron chi connectivity index (χ2n) is 10.9. The fourth-order valence-corrected chi connectivity index (χ4v) is 7.18. The van der Waals surface area contributed by atoms with E-state index in [1.165, 1.54) is 4.90 Å². The molecule has 3 aromatic carbocycles. The summed E-state index contributed by atoms with van der Waals surface area (Å²) in [6, 6.07) is 20.0. The Labute approximate surface area is 263 Å². The first-order chi connectivity index (χ1) is 20.6. The van der Waals surface area contributed by atoms with Gasteiger partial charge in [-0.1, -0.05) is 78.0 Å². The quantitative estimate of drug-likeness (QED) is 0.247. The third-order valence-corrected chi connectivity index (χ3v) is 10.1. The molecule has 0 bridgehead atoms. The van der Waals surface area contributed by atoms with Crippen LogP contribution in [0.3, 0.4) is 0 Å². The van der Waals surface area contributed by atoms with Crippen LogP contribution in [-0.2, 0) is 26.2 Å². The summed E-state index contributed by atoms with van der Waals surface area (Å²) in [5, 5.41) is 3.17. The van der Waals surface area contributed by atoms with E-state index in [1.807, 2.05) is 26.0 Å². The van der Waals surface area contributed by atoms with Crippen molar-refractivity contribution in [1.82, 2.24) is 10.2 Å². The zero-order valence-corrected chi connectivity index (χ0v) is 27.4. The molecule has 3 aromatic rings. The smallest absolute Gasteiger partial charge is 0.264 e. The number of rotatable bonds is 12. The van der Waals surface area contributed by atoms with Crippen LogP contribution < -0.4 is 14.4 Å². The second kappa shape index (κ2) is 14.9. The van der Waals surface area contributed by atoms with Gasteiger partial charge in [-0.15, -0.1) is 0 Å². The number of aryl methyl sites for hydroxylation is 1. The molecule has 0 unspecified atom stereocenters. The molecule has 1 fully saturated rings. The molecule has 0 aromatic heterocycles. The number of nitrogens with zero attached hydrogens (tertiary/aromatic N) is 2. The Balaban J connectivity index is 1.70. The fraction of sp³-hybridized carbons (Fsp3) is 0.394. The van der Waals surface area contributed by atoms with E-state index in [-0.39, 0.29) is 23.4 Å². The molecule has 1 aliphatic rings. The Morgan fingerprint density at radius 2 is 1.67 bits per heavy atom. The van der Waals surface area contributed by atoms with E-state index in [9.17, 15) is 18.0 Å². The summed E-state index contributed by atoms with van der Waals surface area (Å²) in [6.45, 7) is 3.41. The number of ether oxygens (including phenoxy) is 1. The summed E-state index contributed by atoms with van der Waals surface area (Å²) in [7, 11) is -2.54. The fourth-order valence-electron chi connectivity index (χ4n) is 5.39. The summed E-state index contributed by atoms with van der Waals surface area (Å²) in [5.74, 6) is -0.0162. The lowest BCUT2D eigenvalue weighted by atomic mass is 9.95. The predicted octanol–water partition coefficient (Wildman–Crippen LogP) is 6.22. The Morgan fingerprint density at radius 3 is 2.28 bits per heavy atom. The summed E-state index contributed by atoms with van der Waals surface area (Å²) in [4.78, 5) is 29.5. The molecule has 1 aliphatic carbocycles. The SMILES string of the molecule is CC[C@H](C(=O)NC1CCCCC1)N(Cc1ccc(OC)cc1)C(=O)CN(c1cccc(Br)c1)S(=O)(=O)c1ccc(C)cc1. The molecule has 0 heterocycles. The molecule has 10 heteroatoms. The van der Waals surface area contributed by atoms with E-state index in [4.69, 9.17) is 4.74 Å². The minimum atomic E-state index is -4.13. The van der Waals surface area contributed by atoms with Crippen molar-refractivity contribution >= 4 is 43.5 Å². The van der Waals surface area contributed by atoms with E-state index in [0.717, 1.165) is 47.5 Å². The predicted molar refractivity (Wildman–Crippen MR) is 172 cm³/mol. The van der Waals surface area contributed by atoms with Crippen molar-refractivity contribution in [3.63, 3.8) is 0 Å². The number of anilines is 1. The molecule has 43 heavy (non-hydrogen) atoms. The first kappa shape index (κ1) is 32.5. The van der Waals surface area contributed by atoms with Crippen molar-refractivity contribution in [2.45, 2.75) is 75.9 Å². The second-order valence-corrected chi connectivity index (χ2v) is 13.7. The Kier molecular flexibility index (Phi) is 11.3. The van der Waals surface area contributed by atoms with Crippen LogP contribution in [0.4, 0.5) is 5.69 Å². The van der Waals surface area contributed by atoms with Crippen molar-refractivity contribution in [1.29, 1.82) is 0 Å². The number of amides is 2. The van der Waals surface area contributed by atoms with E-state index in [0.29, 0.717) is 22.3 Å². The molecule has 1 N–H and O–H groups in total. The summed E-state index contributed by atoms with van der Waals surface area (Å²) in [6.07, 6.45) is 5.50. The van der Waals surface area contributed by atoms with Gasteiger partial charge < -0.3 is 15.0 Å². The molecule has 1 atom stereocenters. The number of nitrogens with one attached hydrogen (secondary N) is 1. The normalized spacial score (nSPS) is 14.5. The highest BCUT2D eigenvalue weighted by molar-refractivity contribution is 9.10. The highest BCUT2D eigenvalue weighted by Crippen LogP contribution is 2.28. The lowest BCUT2D eigenvalue weighted by Crippen LogP contribution is -2.54. The summed E-state index contributed by atoms with van der Waals surface area (Å²) < 4.78 is 35.1. The first-order valence-corrected chi connectivity index (χ1v) is 16.9. The highest BCUT2D eigenvalue weighted by Gasteiger charge is 2.34. The Bertz CT molecular complexity index is 1490. The maximum absolute atomic E-state index is 14.3. The van der Waals surface area contributed by atoms with Gasteiger partial charge in [0.1, 0.15) is 18.3 Å². The van der Waals surface area contributed by atoms with Gasteiger partial charge in [0.25, 0.3) is 10.0 Å². The summed E-state index contributed by atoms with van der Waals surface area (Å²) in [5.41, 5.74) is 2.06. The third-order valence-electron chi connectivity index (χ3n) is 7.83. The maximum atomic E-state index is 14.3. The molecule has 2 amide bonds. The Hall–Kier alpha value is -3.37. The molecular formula is C33H40BrN3O5S. The van der Waals surface area contributed by atoms with Crippen LogP contribution in [0.15, 0.2) is 82.2 Å². The number of carbonyl (C=O) groups is 2. The van der Waals surface area contributed by atoms with Crippen molar-refractivity contribution < 1.29 is 22.7 Å². The minimum absolute atomic E-state index is 0.0771. The van der Waals surface area contributed by atoms with Crippen LogP contribution >= 0.6 is 15.9 Å². The number of hydrogen-bond acceptors (Lipinski definition) is 5. The number of sulfonamides is 1.